The number of benzene rings is 2. The fourth-order valence-corrected chi connectivity index (χ4v) is 6.69. The Morgan fingerprint density at radius 1 is 1.09 bits per heavy atom. The van der Waals surface area contributed by atoms with Crippen LogP contribution in [0.2, 0.25) is 5.02 Å². The second-order valence-electron chi connectivity index (χ2n) is 10.8. The number of nitrogens with zero attached hydrogens (tertiary/aromatic N) is 1. The molecular weight excluding hydrogens is 442 g/mol. The highest BCUT2D eigenvalue weighted by Gasteiger charge is 2.62. The van der Waals surface area contributed by atoms with Gasteiger partial charge in [0.1, 0.15) is 17.9 Å². The van der Waals surface area contributed by atoms with Gasteiger partial charge in [0, 0.05) is 40.4 Å². The molecule has 3 nitrogen and oxygen atoms in total. The Labute approximate surface area is 208 Å². The number of halogens is 1. The van der Waals surface area contributed by atoms with Gasteiger partial charge in [0.05, 0.1) is 10.6 Å². The van der Waals surface area contributed by atoms with Crippen LogP contribution in [0.4, 0.5) is 0 Å². The Kier molecular flexibility index (Phi) is 6.54. The number of nitriles is 1. The van der Waals surface area contributed by atoms with Gasteiger partial charge in [-0.2, -0.15) is 5.26 Å². The molecule has 2 aliphatic carbocycles. The van der Waals surface area contributed by atoms with Gasteiger partial charge < -0.3 is 4.74 Å². The zero-order valence-electron chi connectivity index (χ0n) is 20.7. The maximum Gasteiger partial charge on any atom is 0.166 e. The van der Waals surface area contributed by atoms with E-state index in [1.54, 1.807) is 12.1 Å². The molecule has 4 heteroatoms. The van der Waals surface area contributed by atoms with Crippen molar-refractivity contribution in [3.63, 3.8) is 0 Å². The molecule has 0 N–H and O–H groups in total. The van der Waals surface area contributed by atoms with Gasteiger partial charge in [-0.05, 0) is 61.1 Å². The van der Waals surface area contributed by atoms with Gasteiger partial charge in [0.15, 0.2) is 5.78 Å². The van der Waals surface area contributed by atoms with Crippen molar-refractivity contribution in [1.29, 1.82) is 5.26 Å². The Bertz CT molecular complexity index is 1210. The normalized spacial score (nSPS) is 23.8. The smallest absolute Gasteiger partial charge is 0.166 e. The minimum atomic E-state index is -0.0404. The fourth-order valence-electron chi connectivity index (χ4n) is 6.48. The topological polar surface area (TPSA) is 50.1 Å². The molecule has 176 valence electrons. The van der Waals surface area contributed by atoms with Gasteiger partial charge in [-0.25, -0.2) is 0 Å². The average Bonchev–Trinajstić information content (AvgIpc) is 3.10. The van der Waals surface area contributed by atoms with Crippen molar-refractivity contribution < 1.29 is 9.53 Å². The molecule has 34 heavy (non-hydrogen) atoms. The number of rotatable bonds is 5. The van der Waals surface area contributed by atoms with Gasteiger partial charge in [-0.3, -0.25) is 4.79 Å². The van der Waals surface area contributed by atoms with E-state index in [0.29, 0.717) is 22.3 Å². The largest absolute Gasteiger partial charge is 0.489 e. The zero-order chi connectivity index (χ0) is 24.7. The summed E-state index contributed by atoms with van der Waals surface area (Å²) >= 11 is 6.21. The molecular formula is C30H32ClNO2. The first-order valence-electron chi connectivity index (χ1n) is 12.1. The van der Waals surface area contributed by atoms with Crippen molar-refractivity contribution in [3.05, 3.63) is 63.7 Å². The molecule has 0 spiro atoms. The van der Waals surface area contributed by atoms with Crippen molar-refractivity contribution in [1.82, 2.24) is 0 Å². The third-order valence-corrected chi connectivity index (χ3v) is 8.20. The molecule has 2 aromatic carbocycles. The van der Waals surface area contributed by atoms with E-state index >= 15 is 0 Å². The van der Waals surface area contributed by atoms with Crippen LogP contribution in [0.1, 0.15) is 80.9 Å². The first kappa shape index (κ1) is 24.4. The number of fused-ring (bicyclic) bond motifs is 1. The van der Waals surface area contributed by atoms with E-state index in [4.69, 9.17) is 21.6 Å². The van der Waals surface area contributed by atoms with E-state index in [2.05, 4.69) is 51.7 Å². The Hall–Kier alpha value is -2.75. The van der Waals surface area contributed by atoms with Gasteiger partial charge in [0.2, 0.25) is 0 Å². The first-order chi connectivity index (χ1) is 16.1. The number of ether oxygens (including phenoxy) is 1. The number of Topliss-reactive ketones (excluding diaryl/α,β-unsaturated/α-hetero) is 1. The fraction of sp³-hybridized carbons (Fsp3) is 0.467. The summed E-state index contributed by atoms with van der Waals surface area (Å²) in [5.41, 5.74) is 3.38. The van der Waals surface area contributed by atoms with Crippen molar-refractivity contribution in [2.24, 2.45) is 22.7 Å². The summed E-state index contributed by atoms with van der Waals surface area (Å²) in [4.78, 5) is 13.1. The molecule has 0 radical (unpaired) electrons. The van der Waals surface area contributed by atoms with E-state index < -0.39 is 0 Å². The van der Waals surface area contributed by atoms with Gasteiger partial charge in [-0.15, -0.1) is 0 Å². The molecule has 0 aromatic heterocycles. The third kappa shape index (κ3) is 4.23. The number of hydrogen-bond donors (Lipinski definition) is 0. The summed E-state index contributed by atoms with van der Waals surface area (Å²) in [5, 5.41) is 9.53. The standard InChI is InChI=1S/C30H32ClNO2/c1-6-7-8-19-9-13-24-22(15-19)16-20(27(24)33)11-14-26-29(2,3)28(30(26,4)5)34-23-12-10-21(18-32)25(31)17-23/h9-10,12-13,15,17,20,26,28H,6,11,14,16H2,1-5H3. The lowest BCUT2D eigenvalue weighted by molar-refractivity contribution is -0.201. The van der Waals surface area contributed by atoms with Crippen molar-refractivity contribution in [2.45, 2.75) is 66.4 Å². The Morgan fingerprint density at radius 3 is 2.47 bits per heavy atom. The molecule has 1 unspecified atom stereocenters. The quantitative estimate of drug-likeness (QED) is 0.430. The van der Waals surface area contributed by atoms with Crippen LogP contribution in [-0.4, -0.2) is 11.9 Å². The number of hydrogen-bond acceptors (Lipinski definition) is 3. The second kappa shape index (κ2) is 9.13. The molecule has 0 aliphatic heterocycles. The number of ketones is 1. The number of carbonyl (C=O) groups is 1. The van der Waals surface area contributed by atoms with Gasteiger partial charge in [-0.1, -0.05) is 58.1 Å². The van der Waals surface area contributed by atoms with Crippen LogP contribution in [0.15, 0.2) is 36.4 Å². The van der Waals surface area contributed by atoms with Gasteiger partial charge in [0.25, 0.3) is 0 Å². The summed E-state index contributed by atoms with van der Waals surface area (Å²) in [6.07, 6.45) is 3.53. The molecule has 0 amide bonds. The van der Waals surface area contributed by atoms with Gasteiger partial charge >= 0.3 is 0 Å². The lowest BCUT2D eigenvalue weighted by Gasteiger charge is -2.63. The maximum atomic E-state index is 13.1. The van der Waals surface area contributed by atoms with Crippen molar-refractivity contribution in [2.75, 3.05) is 0 Å². The van der Waals surface area contributed by atoms with Crippen LogP contribution in [0.25, 0.3) is 0 Å². The van der Waals surface area contributed by atoms with E-state index in [9.17, 15) is 4.79 Å². The molecule has 2 aliphatic rings. The Balaban J connectivity index is 1.42. The summed E-state index contributed by atoms with van der Waals surface area (Å²) in [6, 6.07) is 13.4. The van der Waals surface area contributed by atoms with Crippen molar-refractivity contribution >= 4 is 17.4 Å². The highest BCUT2D eigenvalue weighted by atomic mass is 35.5. The summed E-state index contributed by atoms with van der Waals surface area (Å²) < 4.78 is 6.41. The van der Waals surface area contributed by atoms with E-state index in [-0.39, 0.29) is 28.6 Å². The monoisotopic (exact) mass is 473 g/mol. The summed E-state index contributed by atoms with van der Waals surface area (Å²) in [6.45, 7) is 11.1. The summed E-state index contributed by atoms with van der Waals surface area (Å²) in [5.74, 6) is 7.74. The SMILES string of the molecule is CCC#Cc1ccc2c(c1)CC(CCC1C(C)(C)C(Oc3ccc(C#N)c(Cl)c3)C1(C)C)C2=O. The lowest BCUT2D eigenvalue weighted by atomic mass is 9.44. The minimum absolute atomic E-state index is 0.0187. The van der Waals surface area contributed by atoms with Crippen LogP contribution in [0, 0.1) is 45.8 Å². The maximum absolute atomic E-state index is 13.1. The highest BCUT2D eigenvalue weighted by Crippen LogP contribution is 2.62. The molecule has 4 rings (SSSR count). The average molecular weight is 474 g/mol. The third-order valence-electron chi connectivity index (χ3n) is 7.88. The minimum Gasteiger partial charge on any atom is -0.489 e. The van der Waals surface area contributed by atoms with Crippen LogP contribution in [-0.2, 0) is 6.42 Å². The van der Waals surface area contributed by atoms with Crippen molar-refractivity contribution in [3.8, 4) is 23.7 Å². The molecule has 0 heterocycles. The summed E-state index contributed by atoms with van der Waals surface area (Å²) in [7, 11) is 0. The van der Waals surface area contributed by atoms with Crippen LogP contribution in [0.5, 0.6) is 5.75 Å². The molecule has 2 aromatic rings. The molecule has 0 bridgehead atoms. The molecule has 0 saturated heterocycles. The lowest BCUT2D eigenvalue weighted by Crippen LogP contribution is -2.65. The van der Waals surface area contributed by atoms with E-state index in [1.807, 2.05) is 25.1 Å². The molecule has 1 atom stereocenters. The van der Waals surface area contributed by atoms with E-state index in [1.165, 1.54) is 0 Å². The van der Waals surface area contributed by atoms with Crippen LogP contribution in [0.3, 0.4) is 0 Å². The van der Waals surface area contributed by atoms with Crippen LogP contribution < -0.4 is 4.74 Å². The van der Waals surface area contributed by atoms with Crippen LogP contribution >= 0.6 is 11.6 Å². The predicted octanol–water partition coefficient (Wildman–Crippen LogP) is 7.24. The first-order valence-corrected chi connectivity index (χ1v) is 12.5. The van der Waals surface area contributed by atoms with E-state index in [0.717, 1.165) is 42.4 Å². The zero-order valence-corrected chi connectivity index (χ0v) is 21.4. The number of carbonyl (C=O) groups excluding carboxylic acids is 1. The highest BCUT2D eigenvalue weighted by molar-refractivity contribution is 6.31. The second-order valence-corrected chi connectivity index (χ2v) is 11.2. The molecule has 1 saturated carbocycles. The molecule has 1 fully saturated rings. The Morgan fingerprint density at radius 2 is 1.82 bits per heavy atom. The predicted molar refractivity (Wildman–Crippen MR) is 136 cm³/mol.